The molecule has 1 aromatic rings. The van der Waals surface area contributed by atoms with Crippen molar-refractivity contribution in [1.29, 1.82) is 0 Å². The number of anilines is 2. The molecule has 2 aliphatic heterocycles. The minimum atomic E-state index is -0.560. The van der Waals surface area contributed by atoms with Gasteiger partial charge in [0.15, 0.2) is 0 Å². The molecule has 0 aromatic heterocycles. The Kier molecular flexibility index (Phi) is 4.99. The summed E-state index contributed by atoms with van der Waals surface area (Å²) in [5.41, 5.74) is 0.930. The highest BCUT2D eigenvalue weighted by molar-refractivity contribution is 6.02. The number of carbonyl (C=O) groups excluding carboxylic acids is 2. The topological polar surface area (TPSA) is 59.1 Å². The summed E-state index contributed by atoms with van der Waals surface area (Å²) >= 11 is 0. The van der Waals surface area contributed by atoms with E-state index in [4.69, 9.17) is 9.47 Å². The zero-order valence-corrected chi connectivity index (χ0v) is 15.2. The van der Waals surface area contributed by atoms with Crippen LogP contribution in [-0.2, 0) is 14.3 Å². The fourth-order valence-corrected chi connectivity index (χ4v) is 3.23. The lowest BCUT2D eigenvalue weighted by Gasteiger charge is -2.28. The number of amides is 2. The largest absolute Gasteiger partial charge is 0.443 e. The van der Waals surface area contributed by atoms with Gasteiger partial charge >= 0.3 is 6.09 Å². The minimum absolute atomic E-state index is 0.0796. The molecule has 2 heterocycles. The van der Waals surface area contributed by atoms with Crippen LogP contribution in [0.25, 0.3) is 0 Å². The van der Waals surface area contributed by atoms with Crippen molar-refractivity contribution in [2.75, 3.05) is 36.1 Å². The van der Waals surface area contributed by atoms with Gasteiger partial charge in [-0.1, -0.05) is 12.1 Å². The zero-order chi connectivity index (χ0) is 18.0. The maximum Gasteiger partial charge on any atom is 0.414 e. The minimum Gasteiger partial charge on any atom is -0.443 e. The fourth-order valence-electron chi connectivity index (χ4n) is 3.23. The van der Waals surface area contributed by atoms with Gasteiger partial charge in [0.25, 0.3) is 0 Å². The Hall–Kier alpha value is -2.08. The van der Waals surface area contributed by atoms with Gasteiger partial charge in [0.1, 0.15) is 5.60 Å². The third-order valence-corrected chi connectivity index (χ3v) is 4.39. The molecule has 0 bridgehead atoms. The molecule has 0 aliphatic carbocycles. The van der Waals surface area contributed by atoms with Crippen LogP contribution in [0.5, 0.6) is 0 Å². The average Bonchev–Trinajstić information content (AvgIpc) is 3.00. The van der Waals surface area contributed by atoms with Crippen molar-refractivity contribution in [3.63, 3.8) is 0 Å². The Morgan fingerprint density at radius 3 is 2.36 bits per heavy atom. The van der Waals surface area contributed by atoms with Crippen molar-refractivity contribution in [3.8, 4) is 0 Å². The number of ether oxygens (including phenoxy) is 2. The summed E-state index contributed by atoms with van der Waals surface area (Å²) in [5.74, 6) is -0.0166. The zero-order valence-electron chi connectivity index (χ0n) is 15.2. The summed E-state index contributed by atoms with van der Waals surface area (Å²) in [6, 6.07) is 7.54. The predicted octanol–water partition coefficient (Wildman–Crippen LogP) is 3.20. The lowest BCUT2D eigenvalue weighted by Crippen LogP contribution is -2.37. The lowest BCUT2D eigenvalue weighted by molar-refractivity contribution is -0.122. The van der Waals surface area contributed by atoms with Gasteiger partial charge in [0.05, 0.1) is 23.9 Å². The second-order valence-electron chi connectivity index (χ2n) is 7.52. The molecular formula is C19H26N2O4. The molecule has 2 aliphatic rings. The summed E-state index contributed by atoms with van der Waals surface area (Å²) in [7, 11) is 0. The summed E-state index contributed by atoms with van der Waals surface area (Å²) in [5, 5.41) is 0. The van der Waals surface area contributed by atoms with Crippen molar-refractivity contribution in [3.05, 3.63) is 24.3 Å². The van der Waals surface area contributed by atoms with E-state index in [1.807, 2.05) is 45.0 Å². The van der Waals surface area contributed by atoms with Crippen LogP contribution in [0.1, 0.15) is 33.6 Å². The first kappa shape index (κ1) is 17.7. The van der Waals surface area contributed by atoms with E-state index in [0.717, 1.165) is 17.8 Å². The van der Waals surface area contributed by atoms with Crippen molar-refractivity contribution in [2.45, 2.75) is 39.2 Å². The Bertz CT molecular complexity index is 647. The first-order chi connectivity index (χ1) is 11.9. The van der Waals surface area contributed by atoms with Crippen LogP contribution in [0, 0.1) is 5.92 Å². The average molecular weight is 346 g/mol. The van der Waals surface area contributed by atoms with Gasteiger partial charge in [0, 0.05) is 19.7 Å². The normalized spacial score (nSPS) is 20.8. The van der Waals surface area contributed by atoms with Crippen molar-refractivity contribution in [2.24, 2.45) is 5.92 Å². The molecule has 136 valence electrons. The molecule has 1 unspecified atom stereocenters. The van der Waals surface area contributed by atoms with E-state index in [9.17, 15) is 9.59 Å². The van der Waals surface area contributed by atoms with Crippen LogP contribution in [0.3, 0.4) is 0 Å². The van der Waals surface area contributed by atoms with Gasteiger partial charge in [-0.15, -0.1) is 0 Å². The van der Waals surface area contributed by atoms with Crippen LogP contribution in [0.15, 0.2) is 24.3 Å². The molecule has 0 spiro atoms. The second-order valence-corrected chi connectivity index (χ2v) is 7.52. The van der Waals surface area contributed by atoms with E-state index < -0.39 is 5.60 Å². The smallest absolute Gasteiger partial charge is 0.414 e. The molecule has 1 atom stereocenters. The van der Waals surface area contributed by atoms with Crippen LogP contribution in [0.4, 0.5) is 16.2 Å². The van der Waals surface area contributed by atoms with Crippen LogP contribution >= 0.6 is 0 Å². The SMILES string of the molecule is CC(C)(C)OC(=O)N1CCCN(C(=O)C2CCOC2)c2ccccc21. The van der Waals surface area contributed by atoms with Gasteiger partial charge in [-0.05, 0) is 45.7 Å². The molecule has 2 amide bonds. The molecular weight excluding hydrogens is 320 g/mol. The maximum atomic E-state index is 12.9. The summed E-state index contributed by atoms with van der Waals surface area (Å²) in [6.45, 7) is 7.78. The highest BCUT2D eigenvalue weighted by atomic mass is 16.6. The monoisotopic (exact) mass is 346 g/mol. The Labute approximate surface area is 148 Å². The summed E-state index contributed by atoms with van der Waals surface area (Å²) < 4.78 is 10.9. The third-order valence-electron chi connectivity index (χ3n) is 4.39. The van der Waals surface area contributed by atoms with Crippen molar-refractivity contribution >= 4 is 23.4 Å². The molecule has 3 rings (SSSR count). The van der Waals surface area contributed by atoms with Gasteiger partial charge in [-0.3, -0.25) is 9.69 Å². The van der Waals surface area contributed by atoms with Gasteiger partial charge < -0.3 is 14.4 Å². The van der Waals surface area contributed by atoms with E-state index in [-0.39, 0.29) is 17.9 Å². The number of hydrogen-bond donors (Lipinski definition) is 0. The molecule has 1 fully saturated rings. The summed E-state index contributed by atoms with van der Waals surface area (Å²) in [6.07, 6.45) is 1.08. The van der Waals surface area contributed by atoms with E-state index in [1.165, 1.54) is 0 Å². The maximum absolute atomic E-state index is 12.9. The quantitative estimate of drug-likeness (QED) is 0.783. The van der Waals surface area contributed by atoms with Crippen molar-refractivity contribution in [1.82, 2.24) is 0 Å². The van der Waals surface area contributed by atoms with Gasteiger partial charge in [-0.25, -0.2) is 4.79 Å². The standard InChI is InChI=1S/C19H26N2O4/c1-19(2,3)25-18(23)21-11-6-10-20(15-7-4-5-8-16(15)21)17(22)14-9-12-24-13-14/h4-5,7-8,14H,6,9-13H2,1-3H3. The second kappa shape index (κ2) is 7.04. The molecule has 25 heavy (non-hydrogen) atoms. The summed E-state index contributed by atoms with van der Waals surface area (Å²) in [4.78, 5) is 29.0. The molecule has 1 aromatic carbocycles. The number of rotatable bonds is 1. The highest BCUT2D eigenvalue weighted by Crippen LogP contribution is 2.34. The van der Waals surface area contributed by atoms with Gasteiger partial charge in [0.2, 0.25) is 5.91 Å². The fraction of sp³-hybridized carbons (Fsp3) is 0.579. The number of nitrogens with zero attached hydrogens (tertiary/aromatic N) is 2. The van der Waals surface area contributed by atoms with Crippen molar-refractivity contribution < 1.29 is 19.1 Å². The first-order valence-corrected chi connectivity index (χ1v) is 8.85. The Morgan fingerprint density at radius 1 is 1.12 bits per heavy atom. The molecule has 6 heteroatoms. The molecule has 0 radical (unpaired) electrons. The first-order valence-electron chi connectivity index (χ1n) is 8.85. The third kappa shape index (κ3) is 3.95. The highest BCUT2D eigenvalue weighted by Gasteiger charge is 2.34. The van der Waals surface area contributed by atoms with Crippen LogP contribution < -0.4 is 9.80 Å². The predicted molar refractivity (Wildman–Crippen MR) is 95.9 cm³/mol. The Balaban J connectivity index is 1.90. The number of hydrogen-bond acceptors (Lipinski definition) is 4. The van der Waals surface area contributed by atoms with E-state index in [2.05, 4.69) is 0 Å². The molecule has 1 saturated heterocycles. The van der Waals surface area contributed by atoms with E-state index >= 15 is 0 Å². The molecule has 0 saturated carbocycles. The number of para-hydroxylation sites is 2. The van der Waals surface area contributed by atoms with Crippen LogP contribution in [0.2, 0.25) is 0 Å². The Morgan fingerprint density at radius 2 is 1.76 bits per heavy atom. The van der Waals surface area contributed by atoms with E-state index in [1.54, 1.807) is 9.80 Å². The van der Waals surface area contributed by atoms with E-state index in [0.29, 0.717) is 32.7 Å². The number of fused-ring (bicyclic) bond motifs is 1. The molecule has 6 nitrogen and oxygen atoms in total. The lowest BCUT2D eigenvalue weighted by atomic mass is 10.1. The number of carbonyl (C=O) groups is 2. The van der Waals surface area contributed by atoms with Crippen LogP contribution in [-0.4, -0.2) is 43.9 Å². The molecule has 0 N–H and O–H groups in total. The number of benzene rings is 1. The van der Waals surface area contributed by atoms with Gasteiger partial charge in [-0.2, -0.15) is 0 Å².